The summed E-state index contributed by atoms with van der Waals surface area (Å²) in [5, 5.41) is 16.4. The lowest BCUT2D eigenvalue weighted by Gasteiger charge is -2.14. The van der Waals surface area contributed by atoms with Gasteiger partial charge in [0.25, 0.3) is 0 Å². The largest absolute Gasteiger partial charge is 0.454 e. The molecule has 0 aliphatic carbocycles. The molecule has 0 fully saturated rings. The zero-order valence-corrected chi connectivity index (χ0v) is 13.0. The van der Waals surface area contributed by atoms with Crippen molar-refractivity contribution in [2.75, 3.05) is 0 Å². The second-order valence-electron chi connectivity index (χ2n) is 5.20. The summed E-state index contributed by atoms with van der Waals surface area (Å²) >= 11 is 0. The average Bonchev–Trinajstić information content (AvgIpc) is 3.16. The third-order valence-corrected chi connectivity index (χ3v) is 3.59. The zero-order valence-electron chi connectivity index (χ0n) is 13.0. The number of nitrogens with zero attached hydrogens (tertiary/aromatic N) is 4. The van der Waals surface area contributed by atoms with Crippen LogP contribution in [0.5, 0.6) is 0 Å². The van der Waals surface area contributed by atoms with Gasteiger partial charge < -0.3 is 4.74 Å². The van der Waals surface area contributed by atoms with Gasteiger partial charge in [-0.25, -0.2) is 4.79 Å². The predicted octanol–water partition coefficient (Wildman–Crippen LogP) is 3.06. The number of benzene rings is 2. The summed E-state index contributed by atoms with van der Waals surface area (Å²) in [7, 11) is 0. The fourth-order valence-electron chi connectivity index (χ4n) is 2.26. The molecule has 0 radical (unpaired) electrons. The summed E-state index contributed by atoms with van der Waals surface area (Å²) in [6.45, 7) is 1.78. The highest BCUT2D eigenvalue weighted by Gasteiger charge is 2.14. The molecule has 0 aliphatic heterocycles. The molecule has 6 heteroatoms. The minimum absolute atomic E-state index is 0.417. The van der Waals surface area contributed by atoms with Crippen LogP contribution in [0.2, 0.25) is 0 Å². The maximum absolute atomic E-state index is 12.3. The quantitative estimate of drug-likeness (QED) is 0.691. The van der Waals surface area contributed by atoms with E-state index < -0.39 is 12.1 Å². The SMILES string of the molecule is CC(OC(=O)c1ccc(-n2cnnc2)cc1)c1cccc(C#N)c1. The molecule has 1 atom stereocenters. The first-order valence-corrected chi connectivity index (χ1v) is 7.33. The lowest BCUT2D eigenvalue weighted by Crippen LogP contribution is -2.09. The second-order valence-corrected chi connectivity index (χ2v) is 5.20. The van der Waals surface area contributed by atoms with Crippen molar-refractivity contribution in [2.45, 2.75) is 13.0 Å². The molecule has 0 aliphatic rings. The van der Waals surface area contributed by atoms with E-state index in [1.54, 1.807) is 66.6 Å². The molecule has 1 heterocycles. The number of carbonyl (C=O) groups is 1. The van der Waals surface area contributed by atoms with Gasteiger partial charge in [0.1, 0.15) is 18.8 Å². The maximum Gasteiger partial charge on any atom is 0.338 e. The molecule has 1 aromatic heterocycles. The Labute approximate surface area is 138 Å². The Morgan fingerprint density at radius 3 is 2.54 bits per heavy atom. The van der Waals surface area contributed by atoms with E-state index in [2.05, 4.69) is 16.3 Å². The number of rotatable bonds is 4. The Balaban J connectivity index is 1.71. The number of nitriles is 1. The molecule has 0 amide bonds. The van der Waals surface area contributed by atoms with Crippen LogP contribution < -0.4 is 0 Å². The highest BCUT2D eigenvalue weighted by atomic mass is 16.5. The Morgan fingerprint density at radius 1 is 1.17 bits per heavy atom. The van der Waals surface area contributed by atoms with Crippen LogP contribution in [-0.2, 0) is 4.74 Å². The van der Waals surface area contributed by atoms with Gasteiger partial charge in [-0.1, -0.05) is 12.1 Å². The van der Waals surface area contributed by atoms with E-state index in [9.17, 15) is 4.79 Å². The Bertz CT molecular complexity index is 880. The van der Waals surface area contributed by atoms with Gasteiger partial charge in [0, 0.05) is 5.69 Å². The first-order valence-electron chi connectivity index (χ1n) is 7.33. The predicted molar refractivity (Wildman–Crippen MR) is 86.3 cm³/mol. The zero-order chi connectivity index (χ0) is 16.9. The van der Waals surface area contributed by atoms with Gasteiger partial charge in [0.2, 0.25) is 0 Å². The van der Waals surface area contributed by atoms with Gasteiger partial charge in [0.15, 0.2) is 0 Å². The minimum atomic E-state index is -0.441. The standard InChI is InChI=1S/C18H14N4O2/c1-13(16-4-2-3-14(9-16)10-19)24-18(23)15-5-7-17(8-6-15)22-11-20-21-12-22/h2-9,11-13H,1H3. The van der Waals surface area contributed by atoms with E-state index in [0.29, 0.717) is 11.1 Å². The third kappa shape index (κ3) is 3.31. The number of carbonyl (C=O) groups excluding carboxylic acids is 1. The molecule has 0 N–H and O–H groups in total. The Hall–Kier alpha value is -3.46. The van der Waals surface area contributed by atoms with E-state index in [4.69, 9.17) is 10.00 Å². The first kappa shape index (κ1) is 15.4. The first-order chi connectivity index (χ1) is 11.7. The number of hydrogen-bond acceptors (Lipinski definition) is 5. The molecule has 0 saturated heterocycles. The molecule has 6 nitrogen and oxygen atoms in total. The molecule has 3 rings (SSSR count). The number of ether oxygens (including phenoxy) is 1. The van der Waals surface area contributed by atoms with Crippen LogP contribution >= 0.6 is 0 Å². The van der Waals surface area contributed by atoms with Gasteiger partial charge in [-0.3, -0.25) is 4.57 Å². The van der Waals surface area contributed by atoms with Gasteiger partial charge >= 0.3 is 5.97 Å². The summed E-state index contributed by atoms with van der Waals surface area (Å²) < 4.78 is 7.21. The summed E-state index contributed by atoms with van der Waals surface area (Å²) in [6, 6.07) is 16.1. The highest BCUT2D eigenvalue weighted by molar-refractivity contribution is 5.89. The van der Waals surface area contributed by atoms with Crippen LogP contribution in [0.1, 0.15) is 34.5 Å². The number of aromatic nitrogens is 3. The molecule has 0 bridgehead atoms. The third-order valence-electron chi connectivity index (χ3n) is 3.59. The molecular formula is C18H14N4O2. The summed E-state index contributed by atoms with van der Waals surface area (Å²) in [5.41, 5.74) is 2.62. The Morgan fingerprint density at radius 2 is 1.88 bits per heavy atom. The van der Waals surface area contributed by atoms with Crippen molar-refractivity contribution in [2.24, 2.45) is 0 Å². The van der Waals surface area contributed by atoms with Gasteiger partial charge in [-0.05, 0) is 48.9 Å². The van der Waals surface area contributed by atoms with Crippen LogP contribution in [-0.4, -0.2) is 20.7 Å². The number of esters is 1. The van der Waals surface area contributed by atoms with Crippen molar-refractivity contribution in [1.29, 1.82) is 5.26 Å². The summed E-state index contributed by atoms with van der Waals surface area (Å²) in [6.07, 6.45) is 2.72. The van der Waals surface area contributed by atoms with Crippen LogP contribution in [0.25, 0.3) is 5.69 Å². The second kappa shape index (κ2) is 6.75. The van der Waals surface area contributed by atoms with Crippen molar-refractivity contribution >= 4 is 5.97 Å². The van der Waals surface area contributed by atoms with Crippen molar-refractivity contribution in [3.8, 4) is 11.8 Å². The maximum atomic E-state index is 12.3. The van der Waals surface area contributed by atoms with Crippen LogP contribution in [0.3, 0.4) is 0 Å². The van der Waals surface area contributed by atoms with E-state index in [0.717, 1.165) is 11.3 Å². The van der Waals surface area contributed by atoms with Gasteiger partial charge in [-0.2, -0.15) is 5.26 Å². The van der Waals surface area contributed by atoms with Crippen LogP contribution in [0, 0.1) is 11.3 Å². The smallest absolute Gasteiger partial charge is 0.338 e. The van der Waals surface area contributed by atoms with Crippen LogP contribution in [0.4, 0.5) is 0 Å². The van der Waals surface area contributed by atoms with E-state index in [1.165, 1.54) is 0 Å². The van der Waals surface area contributed by atoms with Crippen molar-refractivity contribution < 1.29 is 9.53 Å². The van der Waals surface area contributed by atoms with Crippen molar-refractivity contribution in [3.05, 3.63) is 77.9 Å². The molecule has 1 unspecified atom stereocenters. The number of hydrogen-bond donors (Lipinski definition) is 0. The topological polar surface area (TPSA) is 80.8 Å². The van der Waals surface area contributed by atoms with E-state index >= 15 is 0 Å². The highest BCUT2D eigenvalue weighted by Crippen LogP contribution is 2.20. The molecule has 0 spiro atoms. The van der Waals surface area contributed by atoms with Gasteiger partial charge in [0.05, 0.1) is 17.2 Å². The average molecular weight is 318 g/mol. The van der Waals surface area contributed by atoms with Crippen molar-refractivity contribution in [3.63, 3.8) is 0 Å². The molecule has 3 aromatic rings. The van der Waals surface area contributed by atoms with Gasteiger partial charge in [-0.15, -0.1) is 10.2 Å². The molecule has 24 heavy (non-hydrogen) atoms. The molecular weight excluding hydrogens is 304 g/mol. The summed E-state index contributed by atoms with van der Waals surface area (Å²) in [4.78, 5) is 12.3. The fraction of sp³-hybridized carbons (Fsp3) is 0.111. The lowest BCUT2D eigenvalue weighted by molar-refractivity contribution is 0.0338. The minimum Gasteiger partial charge on any atom is -0.454 e. The lowest BCUT2D eigenvalue weighted by atomic mass is 10.1. The molecule has 118 valence electrons. The molecule has 0 saturated carbocycles. The van der Waals surface area contributed by atoms with Crippen molar-refractivity contribution in [1.82, 2.24) is 14.8 Å². The molecule has 2 aromatic carbocycles. The fourth-order valence-corrected chi connectivity index (χ4v) is 2.26. The van der Waals surface area contributed by atoms with Crippen LogP contribution in [0.15, 0.2) is 61.2 Å². The van der Waals surface area contributed by atoms with E-state index in [-0.39, 0.29) is 0 Å². The summed E-state index contributed by atoms with van der Waals surface area (Å²) in [5.74, 6) is -0.417. The Kier molecular flexibility index (Phi) is 4.34. The monoisotopic (exact) mass is 318 g/mol. The van der Waals surface area contributed by atoms with E-state index in [1.807, 2.05) is 6.07 Å². The normalized spacial score (nSPS) is 11.5.